The number of unbranched alkanes of at least 4 members (excludes halogenated alkanes) is 2. The summed E-state index contributed by atoms with van der Waals surface area (Å²) >= 11 is 0. The van der Waals surface area contributed by atoms with E-state index in [1.807, 2.05) is 6.92 Å². The molecule has 1 atom stereocenters. The molecule has 0 aromatic heterocycles. The van der Waals surface area contributed by atoms with E-state index in [1.54, 1.807) is 0 Å². The summed E-state index contributed by atoms with van der Waals surface area (Å²) in [5, 5.41) is 6.44. The first-order valence-electron chi connectivity index (χ1n) is 8.08. The van der Waals surface area contributed by atoms with Crippen LogP contribution in [0, 0.1) is 5.41 Å². The highest BCUT2D eigenvalue weighted by atomic mass is 16.2. The normalized spacial score (nSPS) is 19.9. The van der Waals surface area contributed by atoms with Crippen molar-refractivity contribution in [3.8, 4) is 0 Å². The van der Waals surface area contributed by atoms with E-state index < -0.39 is 0 Å². The molecule has 0 spiro atoms. The van der Waals surface area contributed by atoms with Crippen molar-refractivity contribution in [2.24, 2.45) is 5.41 Å². The zero-order valence-corrected chi connectivity index (χ0v) is 13.1. The van der Waals surface area contributed by atoms with E-state index in [-0.39, 0.29) is 11.9 Å². The fourth-order valence-electron chi connectivity index (χ4n) is 2.81. The van der Waals surface area contributed by atoms with Crippen molar-refractivity contribution in [2.45, 2.75) is 78.2 Å². The van der Waals surface area contributed by atoms with E-state index in [2.05, 4.69) is 24.5 Å². The molecule has 1 unspecified atom stereocenters. The topological polar surface area (TPSA) is 41.1 Å². The molecule has 1 rings (SSSR count). The van der Waals surface area contributed by atoms with Crippen LogP contribution in [0.4, 0.5) is 0 Å². The summed E-state index contributed by atoms with van der Waals surface area (Å²) in [6.45, 7) is 8.29. The molecule has 112 valence electrons. The third kappa shape index (κ3) is 6.42. The highest BCUT2D eigenvalue weighted by Crippen LogP contribution is 2.34. The Morgan fingerprint density at radius 3 is 2.53 bits per heavy atom. The molecule has 1 saturated carbocycles. The second-order valence-electron chi connectivity index (χ2n) is 6.47. The Bertz CT molecular complexity index is 259. The number of carbonyl (C=O) groups excluding carboxylic acids is 1. The van der Waals surface area contributed by atoms with E-state index in [9.17, 15) is 4.79 Å². The van der Waals surface area contributed by atoms with Crippen molar-refractivity contribution in [3.05, 3.63) is 0 Å². The van der Waals surface area contributed by atoms with Crippen molar-refractivity contribution in [2.75, 3.05) is 13.1 Å². The van der Waals surface area contributed by atoms with E-state index in [4.69, 9.17) is 0 Å². The van der Waals surface area contributed by atoms with Gasteiger partial charge in [-0.3, -0.25) is 4.79 Å². The molecule has 1 amide bonds. The van der Waals surface area contributed by atoms with Gasteiger partial charge in [0.25, 0.3) is 0 Å². The molecule has 0 radical (unpaired) electrons. The molecule has 2 N–H and O–H groups in total. The number of carbonyl (C=O) groups is 1. The van der Waals surface area contributed by atoms with Gasteiger partial charge in [-0.25, -0.2) is 0 Å². The fourth-order valence-corrected chi connectivity index (χ4v) is 2.81. The van der Waals surface area contributed by atoms with Crippen molar-refractivity contribution in [1.29, 1.82) is 0 Å². The molecule has 19 heavy (non-hydrogen) atoms. The molecule has 0 saturated heterocycles. The molecule has 0 aromatic rings. The van der Waals surface area contributed by atoms with Crippen LogP contribution in [0.2, 0.25) is 0 Å². The maximum absolute atomic E-state index is 11.9. The van der Waals surface area contributed by atoms with Crippen molar-refractivity contribution in [1.82, 2.24) is 10.6 Å². The van der Waals surface area contributed by atoms with Crippen molar-refractivity contribution >= 4 is 5.91 Å². The van der Waals surface area contributed by atoms with Crippen LogP contribution in [0.1, 0.15) is 72.1 Å². The van der Waals surface area contributed by atoms with Crippen LogP contribution in [0.3, 0.4) is 0 Å². The minimum atomic E-state index is -0.0691. The van der Waals surface area contributed by atoms with Gasteiger partial charge in [0.15, 0.2) is 0 Å². The maximum Gasteiger partial charge on any atom is 0.236 e. The van der Waals surface area contributed by atoms with Gasteiger partial charge in [0.05, 0.1) is 6.04 Å². The third-order valence-electron chi connectivity index (χ3n) is 4.37. The Labute approximate surface area is 118 Å². The zero-order valence-electron chi connectivity index (χ0n) is 13.1. The number of rotatable bonds is 8. The average Bonchev–Trinajstić information content (AvgIpc) is 2.41. The smallest absolute Gasteiger partial charge is 0.236 e. The van der Waals surface area contributed by atoms with Gasteiger partial charge < -0.3 is 10.6 Å². The van der Waals surface area contributed by atoms with Crippen LogP contribution >= 0.6 is 0 Å². The monoisotopic (exact) mass is 268 g/mol. The molecule has 3 heteroatoms. The third-order valence-corrected chi connectivity index (χ3v) is 4.37. The molecule has 0 aliphatic heterocycles. The number of hydrogen-bond acceptors (Lipinski definition) is 2. The summed E-state index contributed by atoms with van der Waals surface area (Å²) < 4.78 is 0. The second kappa shape index (κ2) is 8.57. The quantitative estimate of drug-likeness (QED) is 0.664. The Kier molecular flexibility index (Phi) is 7.44. The summed E-state index contributed by atoms with van der Waals surface area (Å²) in [4.78, 5) is 11.9. The lowest BCUT2D eigenvalue weighted by atomic mass is 9.75. The summed E-state index contributed by atoms with van der Waals surface area (Å²) in [6, 6.07) is -0.0691. The van der Waals surface area contributed by atoms with Crippen molar-refractivity contribution in [3.63, 3.8) is 0 Å². The Morgan fingerprint density at radius 2 is 1.89 bits per heavy atom. The Morgan fingerprint density at radius 1 is 1.21 bits per heavy atom. The summed E-state index contributed by atoms with van der Waals surface area (Å²) in [6.07, 6.45) is 10.1. The van der Waals surface area contributed by atoms with Crippen LogP contribution in [0.15, 0.2) is 0 Å². The molecule has 0 aromatic carbocycles. The van der Waals surface area contributed by atoms with E-state index in [0.29, 0.717) is 5.41 Å². The van der Waals surface area contributed by atoms with Gasteiger partial charge in [-0.05, 0) is 31.6 Å². The summed E-state index contributed by atoms with van der Waals surface area (Å²) in [5.41, 5.74) is 0.398. The fraction of sp³-hybridized carbons (Fsp3) is 0.938. The SMILES string of the molecule is CCCCCNC(=O)C(C)NCC1(C)CCCCC1. The van der Waals surface area contributed by atoms with Crippen LogP contribution in [0.25, 0.3) is 0 Å². The maximum atomic E-state index is 11.9. The van der Waals surface area contributed by atoms with Gasteiger partial charge in [-0.2, -0.15) is 0 Å². The molecular weight excluding hydrogens is 236 g/mol. The second-order valence-corrected chi connectivity index (χ2v) is 6.47. The number of nitrogens with one attached hydrogen (secondary N) is 2. The van der Waals surface area contributed by atoms with Crippen LogP contribution in [0.5, 0.6) is 0 Å². The number of amides is 1. The van der Waals surface area contributed by atoms with Crippen LogP contribution < -0.4 is 10.6 Å². The average molecular weight is 268 g/mol. The van der Waals surface area contributed by atoms with Gasteiger partial charge in [0.1, 0.15) is 0 Å². The molecule has 1 aliphatic carbocycles. The molecule has 0 bridgehead atoms. The van der Waals surface area contributed by atoms with Crippen LogP contribution in [-0.2, 0) is 4.79 Å². The van der Waals surface area contributed by atoms with E-state index in [1.165, 1.54) is 44.9 Å². The highest BCUT2D eigenvalue weighted by Gasteiger charge is 2.27. The van der Waals surface area contributed by atoms with Gasteiger partial charge in [0, 0.05) is 13.1 Å². The zero-order chi connectivity index (χ0) is 14.1. The van der Waals surface area contributed by atoms with Gasteiger partial charge in [-0.1, -0.05) is 46.0 Å². The van der Waals surface area contributed by atoms with E-state index in [0.717, 1.165) is 19.5 Å². The molecule has 1 fully saturated rings. The standard InChI is InChI=1S/C16H32N2O/c1-4-5-9-12-17-15(19)14(2)18-13-16(3)10-7-6-8-11-16/h14,18H,4-13H2,1-3H3,(H,17,19). The minimum Gasteiger partial charge on any atom is -0.355 e. The molecule has 0 heterocycles. The predicted octanol–water partition coefficient (Wildman–Crippen LogP) is 3.24. The van der Waals surface area contributed by atoms with Gasteiger partial charge in [-0.15, -0.1) is 0 Å². The van der Waals surface area contributed by atoms with Gasteiger partial charge >= 0.3 is 0 Å². The number of hydrogen-bond donors (Lipinski definition) is 2. The lowest BCUT2D eigenvalue weighted by molar-refractivity contribution is -0.122. The van der Waals surface area contributed by atoms with E-state index >= 15 is 0 Å². The predicted molar refractivity (Wildman–Crippen MR) is 81.2 cm³/mol. The molecule has 3 nitrogen and oxygen atoms in total. The lowest BCUT2D eigenvalue weighted by Crippen LogP contribution is -2.46. The highest BCUT2D eigenvalue weighted by molar-refractivity contribution is 5.81. The Balaban J connectivity index is 2.18. The summed E-state index contributed by atoms with van der Waals surface area (Å²) in [7, 11) is 0. The summed E-state index contributed by atoms with van der Waals surface area (Å²) in [5.74, 6) is 0.149. The van der Waals surface area contributed by atoms with Gasteiger partial charge in [0.2, 0.25) is 5.91 Å². The van der Waals surface area contributed by atoms with Crippen LogP contribution in [-0.4, -0.2) is 25.0 Å². The minimum absolute atomic E-state index is 0.0691. The first-order chi connectivity index (χ1) is 9.07. The first-order valence-corrected chi connectivity index (χ1v) is 8.08. The Hall–Kier alpha value is -0.570. The van der Waals surface area contributed by atoms with Crippen molar-refractivity contribution < 1.29 is 4.79 Å². The molecular formula is C16H32N2O. The lowest BCUT2D eigenvalue weighted by Gasteiger charge is -2.34. The largest absolute Gasteiger partial charge is 0.355 e. The first kappa shape index (κ1) is 16.5. The molecule has 1 aliphatic rings.